The van der Waals surface area contributed by atoms with E-state index in [-0.39, 0.29) is 5.88 Å². The van der Waals surface area contributed by atoms with E-state index in [1.165, 1.54) is 25.2 Å². The van der Waals surface area contributed by atoms with Crippen LogP contribution in [0.1, 0.15) is 0 Å². The number of hydrogen-bond donors (Lipinski definition) is 0. The highest BCUT2D eigenvalue weighted by atomic mass is 16.5. The van der Waals surface area contributed by atoms with Gasteiger partial charge in [0.05, 0.1) is 20.4 Å². The lowest BCUT2D eigenvalue weighted by molar-refractivity contribution is 0.357. The van der Waals surface area contributed by atoms with Crippen LogP contribution >= 0.6 is 0 Å². The van der Waals surface area contributed by atoms with Gasteiger partial charge in [-0.15, -0.1) is 15.0 Å². The lowest BCUT2D eigenvalue weighted by Gasteiger charge is -2.05. The zero-order valence-electron chi connectivity index (χ0n) is 11.5. The third-order valence-corrected chi connectivity index (χ3v) is 2.74. The topological polar surface area (TPSA) is 87.8 Å². The Morgan fingerprint density at radius 3 is 2.57 bits per heavy atom. The summed E-state index contributed by atoms with van der Waals surface area (Å²) in [4.78, 5) is 9.59. The third kappa shape index (κ3) is 2.50. The molecule has 8 nitrogen and oxygen atoms in total. The van der Waals surface area contributed by atoms with Crippen LogP contribution in [0.5, 0.6) is 11.8 Å². The molecule has 0 amide bonds. The van der Waals surface area contributed by atoms with Crippen molar-refractivity contribution < 1.29 is 9.47 Å². The van der Waals surface area contributed by atoms with Gasteiger partial charge in [0, 0.05) is 5.56 Å². The number of rotatable bonds is 4. The first-order valence-electron chi connectivity index (χ1n) is 6.12. The Hall–Kier alpha value is -3.03. The highest BCUT2D eigenvalue weighted by Crippen LogP contribution is 2.20. The summed E-state index contributed by atoms with van der Waals surface area (Å²) in [7, 11) is 2.99. The first kappa shape index (κ1) is 13.0. The molecule has 0 atom stereocenters. The van der Waals surface area contributed by atoms with Gasteiger partial charge in [0.1, 0.15) is 0 Å². The van der Waals surface area contributed by atoms with Crippen molar-refractivity contribution in [3.63, 3.8) is 0 Å². The second-order valence-electron chi connectivity index (χ2n) is 4.01. The maximum absolute atomic E-state index is 5.17. The highest BCUT2D eigenvalue weighted by molar-refractivity contribution is 5.53. The number of nitrogens with zero attached hydrogens (tertiary/aromatic N) is 6. The molecule has 3 rings (SSSR count). The molecule has 0 spiro atoms. The van der Waals surface area contributed by atoms with Crippen LogP contribution in [0.15, 0.2) is 36.5 Å². The Bertz CT molecular complexity index is 743. The second kappa shape index (κ2) is 5.53. The van der Waals surface area contributed by atoms with Crippen molar-refractivity contribution in [2.45, 2.75) is 0 Å². The summed E-state index contributed by atoms with van der Waals surface area (Å²) in [5.74, 6) is 1.44. The summed E-state index contributed by atoms with van der Waals surface area (Å²) in [6.45, 7) is 0. The van der Waals surface area contributed by atoms with Gasteiger partial charge in [-0.25, -0.2) is 4.98 Å². The van der Waals surface area contributed by atoms with Crippen molar-refractivity contribution in [2.75, 3.05) is 14.2 Å². The Balaban J connectivity index is 2.00. The lowest BCUT2D eigenvalue weighted by atomic mass is 10.2. The molecule has 1 aromatic carbocycles. The molecule has 0 N–H and O–H groups in total. The predicted molar refractivity (Wildman–Crippen MR) is 73.3 cm³/mol. The van der Waals surface area contributed by atoms with Crippen LogP contribution in [-0.2, 0) is 0 Å². The van der Waals surface area contributed by atoms with Crippen molar-refractivity contribution in [1.82, 2.24) is 30.2 Å². The molecular weight excluding hydrogens is 272 g/mol. The first-order valence-corrected chi connectivity index (χ1v) is 6.12. The van der Waals surface area contributed by atoms with Gasteiger partial charge in [-0.05, 0) is 5.21 Å². The van der Waals surface area contributed by atoms with E-state index in [2.05, 4.69) is 25.4 Å². The number of aromatic nitrogens is 6. The summed E-state index contributed by atoms with van der Waals surface area (Å²) >= 11 is 0. The van der Waals surface area contributed by atoms with Crippen molar-refractivity contribution in [3.05, 3.63) is 36.5 Å². The molecule has 0 aliphatic carbocycles. The van der Waals surface area contributed by atoms with Crippen molar-refractivity contribution in [2.24, 2.45) is 0 Å². The Labute approximate surface area is 120 Å². The number of tetrazole rings is 1. The molecular formula is C13H12N6O2. The minimum atomic E-state index is 0.256. The maximum atomic E-state index is 5.17. The molecule has 0 saturated carbocycles. The zero-order chi connectivity index (χ0) is 14.7. The van der Waals surface area contributed by atoms with Crippen LogP contribution in [0.4, 0.5) is 0 Å². The summed E-state index contributed by atoms with van der Waals surface area (Å²) in [6.07, 6.45) is 1.46. The van der Waals surface area contributed by atoms with Gasteiger partial charge in [-0.2, -0.15) is 4.98 Å². The monoisotopic (exact) mass is 284 g/mol. The molecule has 3 aromatic rings. The van der Waals surface area contributed by atoms with E-state index in [4.69, 9.17) is 9.47 Å². The number of hydrogen-bond acceptors (Lipinski definition) is 7. The Morgan fingerprint density at radius 1 is 1.05 bits per heavy atom. The van der Waals surface area contributed by atoms with E-state index in [0.717, 1.165) is 5.56 Å². The number of methoxy groups -OCH3 is 2. The molecule has 0 unspecified atom stereocenters. The second-order valence-corrected chi connectivity index (χ2v) is 4.01. The quantitative estimate of drug-likeness (QED) is 0.709. The zero-order valence-corrected chi connectivity index (χ0v) is 11.5. The van der Waals surface area contributed by atoms with Crippen LogP contribution in [0.25, 0.3) is 17.2 Å². The lowest BCUT2D eigenvalue weighted by Crippen LogP contribution is -2.07. The van der Waals surface area contributed by atoms with Crippen LogP contribution in [0.2, 0.25) is 0 Å². The molecule has 0 radical (unpaired) electrons. The molecule has 2 aromatic heterocycles. The highest BCUT2D eigenvalue weighted by Gasteiger charge is 2.15. The average molecular weight is 284 g/mol. The fourth-order valence-corrected chi connectivity index (χ4v) is 1.73. The predicted octanol–water partition coefficient (Wildman–Crippen LogP) is 1.14. The molecule has 0 aliphatic rings. The van der Waals surface area contributed by atoms with Gasteiger partial charge in [0.25, 0.3) is 5.88 Å². The molecule has 2 heterocycles. The Kier molecular flexibility index (Phi) is 3.42. The van der Waals surface area contributed by atoms with Gasteiger partial charge < -0.3 is 9.47 Å². The maximum Gasteiger partial charge on any atom is 0.264 e. The van der Waals surface area contributed by atoms with Gasteiger partial charge >= 0.3 is 0 Å². The van der Waals surface area contributed by atoms with E-state index in [1.807, 2.05) is 30.3 Å². The summed E-state index contributed by atoms with van der Waals surface area (Å²) < 4.78 is 10.2. The van der Waals surface area contributed by atoms with E-state index < -0.39 is 0 Å². The van der Waals surface area contributed by atoms with Crippen molar-refractivity contribution in [3.8, 4) is 29.0 Å². The van der Waals surface area contributed by atoms with E-state index in [0.29, 0.717) is 17.5 Å². The summed E-state index contributed by atoms with van der Waals surface area (Å²) in [5.41, 5.74) is 0.865. The Morgan fingerprint density at radius 2 is 1.86 bits per heavy atom. The molecule has 21 heavy (non-hydrogen) atoms. The molecule has 0 saturated heterocycles. The number of ether oxygens (including phenoxy) is 2. The number of benzene rings is 1. The molecule has 0 bridgehead atoms. The minimum Gasteiger partial charge on any atom is -0.480 e. The standard InChI is InChI=1S/C13H12N6O2/c1-20-10-8-14-12(13(15-10)21-2)19-17-11(16-18-19)9-6-4-3-5-7-9/h3-8H,1-2H3. The van der Waals surface area contributed by atoms with Crippen LogP contribution in [-0.4, -0.2) is 44.4 Å². The van der Waals surface area contributed by atoms with Crippen LogP contribution < -0.4 is 9.47 Å². The van der Waals surface area contributed by atoms with Crippen LogP contribution in [0, 0.1) is 0 Å². The SMILES string of the molecule is COc1cnc(-n2nnc(-c3ccccc3)n2)c(OC)n1. The van der Waals surface area contributed by atoms with Gasteiger partial charge in [0.2, 0.25) is 17.5 Å². The fraction of sp³-hybridized carbons (Fsp3) is 0.154. The first-order chi connectivity index (χ1) is 10.3. The molecule has 106 valence electrons. The van der Waals surface area contributed by atoms with E-state index >= 15 is 0 Å². The summed E-state index contributed by atoms with van der Waals surface area (Å²) in [6, 6.07) is 9.54. The summed E-state index contributed by atoms with van der Waals surface area (Å²) in [5, 5.41) is 12.3. The van der Waals surface area contributed by atoms with E-state index in [1.54, 1.807) is 0 Å². The molecule has 0 fully saturated rings. The molecule has 8 heteroatoms. The largest absolute Gasteiger partial charge is 0.480 e. The van der Waals surface area contributed by atoms with Gasteiger partial charge in [-0.1, -0.05) is 30.3 Å². The van der Waals surface area contributed by atoms with Gasteiger partial charge in [-0.3, -0.25) is 0 Å². The van der Waals surface area contributed by atoms with E-state index in [9.17, 15) is 0 Å². The van der Waals surface area contributed by atoms with Crippen molar-refractivity contribution in [1.29, 1.82) is 0 Å². The normalized spacial score (nSPS) is 10.4. The van der Waals surface area contributed by atoms with Gasteiger partial charge in [0.15, 0.2) is 0 Å². The smallest absolute Gasteiger partial charge is 0.264 e. The average Bonchev–Trinajstić information content (AvgIpc) is 3.04. The van der Waals surface area contributed by atoms with Crippen LogP contribution in [0.3, 0.4) is 0 Å². The molecule has 0 aliphatic heterocycles. The minimum absolute atomic E-state index is 0.256. The fourth-order valence-electron chi connectivity index (χ4n) is 1.73. The van der Waals surface area contributed by atoms with Crippen molar-refractivity contribution >= 4 is 0 Å². The third-order valence-electron chi connectivity index (χ3n) is 2.74.